The van der Waals surface area contributed by atoms with E-state index in [1.807, 2.05) is 0 Å². The molecule has 1 rings (SSSR count). The van der Waals surface area contributed by atoms with Gasteiger partial charge < -0.3 is 49.1 Å². The van der Waals surface area contributed by atoms with Gasteiger partial charge >= 0.3 is 5.97 Å². The van der Waals surface area contributed by atoms with Gasteiger partial charge in [0.2, 0.25) is 23.6 Å². The van der Waals surface area contributed by atoms with Crippen molar-refractivity contribution in [3.63, 3.8) is 0 Å². The van der Waals surface area contributed by atoms with Crippen LogP contribution in [0.4, 0.5) is 0 Å². The number of aromatic hydroxyl groups is 1. The smallest absolute Gasteiger partial charge is 0.326 e. The minimum Gasteiger partial charge on any atom is -0.508 e. The van der Waals surface area contributed by atoms with E-state index in [-0.39, 0.29) is 31.1 Å². The lowest BCUT2D eigenvalue weighted by Gasteiger charge is -2.25. The van der Waals surface area contributed by atoms with Crippen LogP contribution in [0, 0.1) is 5.92 Å². The third-order valence-corrected chi connectivity index (χ3v) is 5.58. The summed E-state index contributed by atoms with van der Waals surface area (Å²) in [4.78, 5) is 65.8. The first-order valence-electron chi connectivity index (χ1n) is 12.2. The number of phenols is 1. The number of carbonyl (C=O) groups is 5. The Kier molecular flexibility index (Phi) is 13.2. The predicted molar refractivity (Wildman–Crippen MR) is 142 cm³/mol. The molecule has 0 bridgehead atoms. The first kappa shape index (κ1) is 32.6. The van der Waals surface area contributed by atoms with Crippen LogP contribution >= 0.6 is 0 Å². The van der Waals surface area contributed by atoms with Crippen molar-refractivity contribution in [2.75, 3.05) is 6.54 Å². The maximum absolute atomic E-state index is 13.2. The molecule has 0 saturated carbocycles. The topological polar surface area (TPSA) is 278 Å². The molecule has 0 aliphatic rings. The molecule has 0 fully saturated rings. The third-order valence-electron chi connectivity index (χ3n) is 5.58. The van der Waals surface area contributed by atoms with Crippen LogP contribution in [-0.4, -0.2) is 76.5 Å². The average Bonchev–Trinajstić information content (AvgIpc) is 2.84. The lowest BCUT2D eigenvalue weighted by Crippen LogP contribution is -2.58. The van der Waals surface area contributed by atoms with Gasteiger partial charge in [-0.1, -0.05) is 26.0 Å². The average molecular weight is 551 g/mol. The zero-order valence-corrected chi connectivity index (χ0v) is 21.9. The van der Waals surface area contributed by atoms with Crippen molar-refractivity contribution >= 4 is 35.6 Å². The molecule has 216 valence electrons. The minimum atomic E-state index is -1.51. The second-order valence-corrected chi connectivity index (χ2v) is 9.29. The molecule has 13 N–H and O–H groups in total. The summed E-state index contributed by atoms with van der Waals surface area (Å²) < 4.78 is 0. The number of benzene rings is 1. The molecule has 39 heavy (non-hydrogen) atoms. The van der Waals surface area contributed by atoms with Gasteiger partial charge in [-0.2, -0.15) is 0 Å². The van der Waals surface area contributed by atoms with Crippen molar-refractivity contribution in [1.82, 2.24) is 16.0 Å². The fraction of sp³-hybridized carbons (Fsp3) is 0.500. The lowest BCUT2D eigenvalue weighted by molar-refractivity contribution is -0.143. The highest BCUT2D eigenvalue weighted by Gasteiger charge is 2.32. The zero-order chi connectivity index (χ0) is 29.7. The van der Waals surface area contributed by atoms with Crippen LogP contribution < -0.4 is 38.9 Å². The van der Waals surface area contributed by atoms with Crippen LogP contribution in [0.15, 0.2) is 29.3 Å². The highest BCUT2D eigenvalue weighted by Crippen LogP contribution is 2.12. The SMILES string of the molecule is CC(C)C(NC(=O)C(CC(N)=O)NC(=O)C(Cc1ccc(O)cc1)NC(=O)C(N)CCCN=C(N)N)C(=O)O. The Hall–Kier alpha value is -4.40. The van der Waals surface area contributed by atoms with E-state index in [2.05, 4.69) is 20.9 Å². The predicted octanol–water partition coefficient (Wildman–Crippen LogP) is -2.61. The number of nitrogens with zero attached hydrogens (tertiary/aromatic N) is 1. The molecule has 4 atom stereocenters. The van der Waals surface area contributed by atoms with Crippen LogP contribution in [0.5, 0.6) is 5.75 Å². The number of nitrogens with two attached hydrogens (primary N) is 4. The Morgan fingerprint density at radius 1 is 0.897 bits per heavy atom. The molecule has 0 aromatic heterocycles. The number of carbonyl (C=O) groups excluding carboxylic acids is 4. The number of guanidine groups is 1. The fourth-order valence-electron chi connectivity index (χ4n) is 3.46. The number of amides is 4. The summed E-state index contributed by atoms with van der Waals surface area (Å²) >= 11 is 0. The lowest BCUT2D eigenvalue weighted by atomic mass is 10.0. The first-order valence-corrected chi connectivity index (χ1v) is 12.2. The molecule has 0 aliphatic heterocycles. The Balaban J connectivity index is 3.10. The van der Waals surface area contributed by atoms with Crippen LogP contribution in [0.2, 0.25) is 0 Å². The fourth-order valence-corrected chi connectivity index (χ4v) is 3.46. The number of rotatable bonds is 16. The summed E-state index contributed by atoms with van der Waals surface area (Å²) in [5.74, 6) is -5.27. The highest BCUT2D eigenvalue weighted by molar-refractivity contribution is 5.96. The Labute approximate surface area is 225 Å². The van der Waals surface area contributed by atoms with E-state index in [0.717, 1.165) is 0 Å². The zero-order valence-electron chi connectivity index (χ0n) is 21.9. The molecule has 15 nitrogen and oxygen atoms in total. The van der Waals surface area contributed by atoms with E-state index in [1.54, 1.807) is 13.8 Å². The summed E-state index contributed by atoms with van der Waals surface area (Å²) in [6, 6.07) is 0.786. The molecule has 0 spiro atoms. The molecule has 0 radical (unpaired) electrons. The summed E-state index contributed by atoms with van der Waals surface area (Å²) in [5, 5.41) is 26.1. The molecule has 0 aliphatic carbocycles. The van der Waals surface area contributed by atoms with Crippen molar-refractivity contribution < 1.29 is 34.2 Å². The van der Waals surface area contributed by atoms with Gasteiger partial charge in [0.15, 0.2) is 5.96 Å². The minimum absolute atomic E-state index is 0.0112. The van der Waals surface area contributed by atoms with Gasteiger partial charge in [0.25, 0.3) is 0 Å². The second-order valence-electron chi connectivity index (χ2n) is 9.29. The summed E-state index contributed by atoms with van der Waals surface area (Å²) in [5.41, 5.74) is 22.3. The molecule has 0 heterocycles. The van der Waals surface area contributed by atoms with Gasteiger partial charge in [0.05, 0.1) is 12.5 Å². The largest absolute Gasteiger partial charge is 0.508 e. The van der Waals surface area contributed by atoms with Gasteiger partial charge in [-0.15, -0.1) is 0 Å². The van der Waals surface area contributed by atoms with Gasteiger partial charge in [0.1, 0.15) is 23.9 Å². The summed E-state index contributed by atoms with van der Waals surface area (Å²) in [7, 11) is 0. The molecular formula is C24H38N8O7. The van der Waals surface area contributed by atoms with E-state index >= 15 is 0 Å². The van der Waals surface area contributed by atoms with Crippen molar-refractivity contribution in [2.45, 2.75) is 63.7 Å². The Morgan fingerprint density at radius 2 is 1.46 bits per heavy atom. The monoisotopic (exact) mass is 550 g/mol. The maximum atomic E-state index is 13.2. The molecule has 4 amide bonds. The van der Waals surface area contributed by atoms with Crippen LogP contribution in [0.3, 0.4) is 0 Å². The summed E-state index contributed by atoms with van der Waals surface area (Å²) in [6.45, 7) is 3.40. The molecule has 0 saturated heterocycles. The molecule has 1 aromatic carbocycles. The standard InChI is InChI=1S/C24H38N8O7/c1-12(2)19(23(38)39)32-22(37)17(11-18(26)34)31-21(36)16(10-13-5-7-14(33)8-6-13)30-20(35)15(25)4-3-9-29-24(27)28/h5-8,12,15-17,19,33H,3-4,9-11,25H2,1-2H3,(H2,26,34)(H,30,35)(H,31,36)(H,32,37)(H,38,39)(H4,27,28,29). The number of hydrogen-bond acceptors (Lipinski definition) is 8. The maximum Gasteiger partial charge on any atom is 0.326 e. The molecule has 1 aromatic rings. The number of aliphatic imine (C=N–C) groups is 1. The van der Waals surface area contributed by atoms with Crippen molar-refractivity contribution in [3.05, 3.63) is 29.8 Å². The van der Waals surface area contributed by atoms with Gasteiger partial charge in [0, 0.05) is 13.0 Å². The van der Waals surface area contributed by atoms with Gasteiger partial charge in [-0.05, 0) is 36.5 Å². The van der Waals surface area contributed by atoms with Gasteiger partial charge in [-0.25, -0.2) is 4.79 Å². The number of aliphatic carboxylic acids is 1. The third kappa shape index (κ3) is 12.1. The molecular weight excluding hydrogens is 512 g/mol. The molecule has 15 heteroatoms. The number of phenolic OH excluding ortho intramolecular Hbond substituents is 1. The number of nitrogens with one attached hydrogen (secondary N) is 3. The van der Waals surface area contributed by atoms with E-state index in [0.29, 0.717) is 12.0 Å². The Morgan fingerprint density at radius 3 is 1.97 bits per heavy atom. The number of carboxylic acid groups (broad SMARTS) is 1. The first-order chi connectivity index (χ1) is 18.2. The highest BCUT2D eigenvalue weighted by atomic mass is 16.4. The van der Waals surface area contributed by atoms with E-state index in [4.69, 9.17) is 22.9 Å². The van der Waals surface area contributed by atoms with Crippen molar-refractivity contribution in [1.29, 1.82) is 0 Å². The van der Waals surface area contributed by atoms with E-state index < -0.39 is 66.1 Å². The van der Waals surface area contributed by atoms with Crippen LogP contribution in [0.25, 0.3) is 0 Å². The van der Waals surface area contributed by atoms with Crippen molar-refractivity contribution in [3.8, 4) is 5.75 Å². The second kappa shape index (κ2) is 15.8. The quantitative estimate of drug-likeness (QED) is 0.0587. The Bertz CT molecular complexity index is 1040. The van der Waals surface area contributed by atoms with Crippen LogP contribution in [-0.2, 0) is 30.4 Å². The van der Waals surface area contributed by atoms with E-state index in [9.17, 15) is 34.2 Å². The molecule has 4 unspecified atom stereocenters. The van der Waals surface area contributed by atoms with Crippen molar-refractivity contribution in [2.24, 2.45) is 33.8 Å². The number of carboxylic acids is 1. The summed E-state index contributed by atoms with van der Waals surface area (Å²) in [6.07, 6.45) is -0.0865. The normalized spacial score (nSPS) is 13.8. The van der Waals surface area contributed by atoms with Gasteiger partial charge in [-0.3, -0.25) is 24.2 Å². The van der Waals surface area contributed by atoms with Crippen LogP contribution in [0.1, 0.15) is 38.7 Å². The number of primary amides is 1. The van der Waals surface area contributed by atoms with E-state index in [1.165, 1.54) is 24.3 Å². The number of hydrogen-bond donors (Lipinski definition) is 9.